The highest BCUT2D eigenvalue weighted by atomic mass is 35.5. The summed E-state index contributed by atoms with van der Waals surface area (Å²) in [4.78, 5) is 10.6. The zero-order chi connectivity index (χ0) is 16.7. The third-order valence-electron chi connectivity index (χ3n) is 4.13. The van der Waals surface area contributed by atoms with Crippen molar-refractivity contribution in [2.75, 3.05) is 11.4 Å². The number of nitrogens with zero attached hydrogens (tertiary/aromatic N) is 7. The molecule has 1 unspecified atom stereocenters. The lowest BCUT2D eigenvalue weighted by Gasteiger charge is -2.27. The molecule has 0 aliphatic carbocycles. The van der Waals surface area contributed by atoms with Crippen LogP contribution in [0, 0.1) is 0 Å². The highest BCUT2D eigenvalue weighted by Gasteiger charge is 2.24. The zero-order valence-electron chi connectivity index (χ0n) is 13.0. The van der Waals surface area contributed by atoms with Crippen LogP contribution in [0.5, 0.6) is 0 Å². The number of fused-ring (bicyclic) bond motifs is 1. The van der Waals surface area contributed by atoms with Gasteiger partial charge in [0.15, 0.2) is 0 Å². The van der Waals surface area contributed by atoms with Gasteiger partial charge in [-0.1, -0.05) is 11.6 Å². The molecule has 24 heavy (non-hydrogen) atoms. The molecule has 124 valence electrons. The Labute approximate surface area is 143 Å². The van der Waals surface area contributed by atoms with Gasteiger partial charge in [-0.2, -0.15) is 10.2 Å². The molecule has 0 radical (unpaired) electrons. The van der Waals surface area contributed by atoms with Crippen molar-refractivity contribution in [2.45, 2.75) is 19.2 Å². The molecule has 3 aromatic rings. The van der Waals surface area contributed by atoms with E-state index in [2.05, 4.69) is 25.1 Å². The molecule has 4 rings (SSSR count). The molecule has 3 aromatic heterocycles. The number of halogens is 1. The first-order valence-electron chi connectivity index (χ1n) is 7.57. The second-order valence-electron chi connectivity index (χ2n) is 5.69. The van der Waals surface area contributed by atoms with Crippen LogP contribution in [0.4, 0.5) is 5.95 Å². The molecule has 0 spiro atoms. The van der Waals surface area contributed by atoms with E-state index in [1.165, 1.54) is 0 Å². The maximum Gasteiger partial charge on any atom is 0.225 e. The van der Waals surface area contributed by atoms with Crippen molar-refractivity contribution in [2.24, 2.45) is 7.05 Å². The number of anilines is 1. The maximum absolute atomic E-state index is 10.5. The summed E-state index contributed by atoms with van der Waals surface area (Å²) in [5, 5.41) is 19.7. The second kappa shape index (κ2) is 5.88. The molecular weight excluding hydrogens is 330 g/mol. The Kier molecular flexibility index (Phi) is 3.70. The Morgan fingerprint density at radius 1 is 1.25 bits per heavy atom. The first kappa shape index (κ1) is 15.1. The molecule has 0 aromatic carbocycles. The number of aliphatic hydroxyl groups excluding tert-OH is 1. The standard InChI is InChI=1S/C15H16ClN7O/c1-21-13(2-3-19-21)14(24)12-6-11-9-22(4-5-23(11)20-12)15-17-7-10(16)8-18-15/h2-3,6-8,14,24H,4-5,9H2,1H3. The first-order valence-corrected chi connectivity index (χ1v) is 7.94. The van der Waals surface area contributed by atoms with Crippen LogP contribution < -0.4 is 4.90 Å². The Bertz CT molecular complexity index is 857. The van der Waals surface area contributed by atoms with Gasteiger partial charge in [0.1, 0.15) is 6.10 Å². The van der Waals surface area contributed by atoms with Crippen LogP contribution in [-0.2, 0) is 20.1 Å². The second-order valence-corrected chi connectivity index (χ2v) is 6.13. The van der Waals surface area contributed by atoms with Gasteiger partial charge in [0.05, 0.1) is 47.6 Å². The van der Waals surface area contributed by atoms with Crippen molar-refractivity contribution in [3.8, 4) is 0 Å². The molecule has 1 N–H and O–H groups in total. The number of aromatic nitrogens is 6. The summed E-state index contributed by atoms with van der Waals surface area (Å²) in [6.45, 7) is 2.09. The molecular formula is C15H16ClN7O. The van der Waals surface area contributed by atoms with E-state index in [4.69, 9.17) is 11.6 Å². The summed E-state index contributed by atoms with van der Waals surface area (Å²) in [6.07, 6.45) is 4.05. The van der Waals surface area contributed by atoms with Crippen LogP contribution in [0.2, 0.25) is 5.02 Å². The number of rotatable bonds is 3. The number of hydrogen-bond acceptors (Lipinski definition) is 6. The van der Waals surface area contributed by atoms with E-state index in [0.29, 0.717) is 35.4 Å². The van der Waals surface area contributed by atoms with Crippen LogP contribution in [0.15, 0.2) is 30.7 Å². The van der Waals surface area contributed by atoms with Crippen molar-refractivity contribution in [3.05, 3.63) is 52.8 Å². The summed E-state index contributed by atoms with van der Waals surface area (Å²) in [7, 11) is 1.80. The first-order chi connectivity index (χ1) is 11.6. The van der Waals surface area contributed by atoms with Crippen LogP contribution in [-0.4, -0.2) is 41.2 Å². The molecule has 0 bridgehead atoms. The Hall–Kier alpha value is -2.45. The monoisotopic (exact) mass is 345 g/mol. The number of aliphatic hydroxyl groups is 1. The quantitative estimate of drug-likeness (QED) is 0.766. The highest BCUT2D eigenvalue weighted by Crippen LogP contribution is 2.24. The molecule has 0 saturated heterocycles. The smallest absolute Gasteiger partial charge is 0.225 e. The topological polar surface area (TPSA) is 84.9 Å². The summed E-state index contributed by atoms with van der Waals surface area (Å²) in [5.74, 6) is 0.639. The molecule has 8 nitrogen and oxygen atoms in total. The third kappa shape index (κ3) is 2.63. The predicted molar refractivity (Wildman–Crippen MR) is 87.6 cm³/mol. The van der Waals surface area contributed by atoms with Crippen molar-refractivity contribution in [3.63, 3.8) is 0 Å². The fourth-order valence-electron chi connectivity index (χ4n) is 2.87. The van der Waals surface area contributed by atoms with Gasteiger partial charge < -0.3 is 10.0 Å². The van der Waals surface area contributed by atoms with Crippen molar-refractivity contribution < 1.29 is 5.11 Å². The summed E-state index contributed by atoms with van der Waals surface area (Å²) in [5.41, 5.74) is 2.34. The lowest BCUT2D eigenvalue weighted by Crippen LogP contribution is -2.34. The average Bonchev–Trinajstić information content (AvgIpc) is 3.20. The molecule has 0 amide bonds. The van der Waals surface area contributed by atoms with Crippen LogP contribution in [0.25, 0.3) is 0 Å². The van der Waals surface area contributed by atoms with E-state index in [1.54, 1.807) is 36.4 Å². The minimum absolute atomic E-state index is 0.516. The maximum atomic E-state index is 10.5. The summed E-state index contributed by atoms with van der Waals surface area (Å²) < 4.78 is 3.57. The molecule has 4 heterocycles. The van der Waals surface area contributed by atoms with E-state index in [1.807, 2.05) is 10.7 Å². The van der Waals surface area contributed by atoms with E-state index < -0.39 is 6.10 Å². The van der Waals surface area contributed by atoms with E-state index in [-0.39, 0.29) is 0 Å². The fraction of sp³-hybridized carbons (Fsp3) is 0.333. The number of aryl methyl sites for hydroxylation is 1. The van der Waals surface area contributed by atoms with Gasteiger partial charge in [0.25, 0.3) is 0 Å². The van der Waals surface area contributed by atoms with Crippen molar-refractivity contribution in [1.29, 1.82) is 0 Å². The molecule has 1 aliphatic rings. The van der Waals surface area contributed by atoms with Crippen molar-refractivity contribution >= 4 is 17.5 Å². The zero-order valence-corrected chi connectivity index (χ0v) is 13.8. The summed E-state index contributed by atoms with van der Waals surface area (Å²) in [6, 6.07) is 3.70. The minimum atomic E-state index is -0.796. The lowest BCUT2D eigenvalue weighted by atomic mass is 10.1. The fourth-order valence-corrected chi connectivity index (χ4v) is 2.96. The van der Waals surface area contributed by atoms with Gasteiger partial charge in [-0.3, -0.25) is 9.36 Å². The van der Waals surface area contributed by atoms with E-state index >= 15 is 0 Å². The largest absolute Gasteiger partial charge is 0.380 e. The Morgan fingerprint density at radius 2 is 2.04 bits per heavy atom. The average molecular weight is 346 g/mol. The lowest BCUT2D eigenvalue weighted by molar-refractivity contribution is 0.203. The molecule has 1 aliphatic heterocycles. The molecule has 9 heteroatoms. The highest BCUT2D eigenvalue weighted by molar-refractivity contribution is 6.30. The van der Waals surface area contributed by atoms with E-state index in [9.17, 15) is 5.11 Å². The van der Waals surface area contributed by atoms with Gasteiger partial charge in [0, 0.05) is 19.8 Å². The minimum Gasteiger partial charge on any atom is -0.380 e. The Morgan fingerprint density at radius 3 is 2.75 bits per heavy atom. The van der Waals surface area contributed by atoms with Gasteiger partial charge in [0.2, 0.25) is 5.95 Å². The van der Waals surface area contributed by atoms with Gasteiger partial charge >= 0.3 is 0 Å². The predicted octanol–water partition coefficient (Wildman–Crippen LogP) is 1.16. The number of hydrogen-bond donors (Lipinski definition) is 1. The normalized spacial score (nSPS) is 15.4. The SMILES string of the molecule is Cn1nccc1C(O)c1cc2n(n1)CCN(c1ncc(Cl)cn1)C2. The van der Waals surface area contributed by atoms with Gasteiger partial charge in [-0.05, 0) is 12.1 Å². The van der Waals surface area contributed by atoms with Gasteiger partial charge in [-0.25, -0.2) is 9.97 Å². The van der Waals surface area contributed by atoms with Crippen LogP contribution in [0.1, 0.15) is 23.2 Å². The van der Waals surface area contributed by atoms with E-state index in [0.717, 1.165) is 12.2 Å². The van der Waals surface area contributed by atoms with Crippen LogP contribution >= 0.6 is 11.6 Å². The van der Waals surface area contributed by atoms with Crippen LogP contribution in [0.3, 0.4) is 0 Å². The van der Waals surface area contributed by atoms with Gasteiger partial charge in [-0.15, -0.1) is 0 Å². The Balaban J connectivity index is 1.58. The third-order valence-corrected chi connectivity index (χ3v) is 4.32. The summed E-state index contributed by atoms with van der Waals surface area (Å²) >= 11 is 5.84. The van der Waals surface area contributed by atoms with Crippen molar-refractivity contribution in [1.82, 2.24) is 29.5 Å². The molecule has 0 fully saturated rings. The molecule has 1 atom stereocenters. The molecule has 0 saturated carbocycles.